The molecular weight excluding hydrogens is 759 g/mol. The number of carbonyl (C=O) groups is 2. The van der Waals surface area contributed by atoms with E-state index >= 15 is 0 Å². The van der Waals surface area contributed by atoms with Gasteiger partial charge in [0.25, 0.3) is 0 Å². The molecule has 0 spiro atoms. The fourth-order valence-corrected chi connectivity index (χ4v) is 8.47. The van der Waals surface area contributed by atoms with Gasteiger partial charge in [-0.05, 0) is 111 Å². The highest BCUT2D eigenvalue weighted by Crippen LogP contribution is 2.67. The molecule has 3 aliphatic rings. The van der Waals surface area contributed by atoms with Crippen LogP contribution in [0.15, 0.2) is 45.3 Å². The van der Waals surface area contributed by atoms with Crippen molar-refractivity contribution < 1.29 is 24.5 Å². The smallest absolute Gasteiger partial charge is 0.312 e. The zero-order chi connectivity index (χ0) is 34.8. The van der Waals surface area contributed by atoms with E-state index < -0.39 is 16.4 Å². The molecule has 3 saturated carbocycles. The molecule has 0 aliphatic heterocycles. The molecule has 4 atom stereocenters. The maximum Gasteiger partial charge on any atom is 0.312 e. The van der Waals surface area contributed by atoms with Gasteiger partial charge in [-0.15, -0.1) is 0 Å². The second-order valence-corrected chi connectivity index (χ2v) is 16.9. The zero-order valence-electron chi connectivity index (χ0n) is 27.7. The van der Waals surface area contributed by atoms with Crippen LogP contribution in [0.1, 0.15) is 78.4 Å². The molecule has 0 radical (unpaired) electrons. The van der Waals surface area contributed by atoms with Gasteiger partial charge in [0.2, 0.25) is 5.91 Å². The van der Waals surface area contributed by atoms with E-state index in [2.05, 4.69) is 64.9 Å². The fourth-order valence-electron chi connectivity index (χ4n) is 7.61. The van der Waals surface area contributed by atoms with Crippen molar-refractivity contribution in [2.45, 2.75) is 83.7 Å². The van der Waals surface area contributed by atoms with Crippen LogP contribution in [0, 0.1) is 29.1 Å². The average Bonchev–Trinajstić information content (AvgIpc) is 2.92. The lowest BCUT2D eigenvalue weighted by Gasteiger charge is -2.68. The van der Waals surface area contributed by atoms with Gasteiger partial charge in [-0.3, -0.25) is 9.59 Å². The summed E-state index contributed by atoms with van der Waals surface area (Å²) in [6, 6.07) is 11.4. The number of methoxy groups -OCH3 is 1. The summed E-state index contributed by atoms with van der Waals surface area (Å²) in [6.45, 7) is 12.2. The normalized spacial score (nSPS) is 23.9. The van der Waals surface area contributed by atoms with E-state index in [1.54, 1.807) is 0 Å². The van der Waals surface area contributed by atoms with E-state index in [0.29, 0.717) is 35.2 Å². The second-order valence-electron chi connectivity index (χ2n) is 14.3. The third-order valence-electron chi connectivity index (χ3n) is 10.3. The SMILES string of the molecule is CC(C)C(CO)[C@@](C)(N)c1ccc(Br)c(Cl)c1.COC(=O)C12CC(NC(=O)C[C@@](C)(c3ccc(Br)c(Cl)c3)C(CO)C(C)C)(C1)C2. The Hall–Kier alpha value is -1.20. The van der Waals surface area contributed by atoms with Crippen molar-refractivity contribution in [3.05, 3.63) is 66.5 Å². The van der Waals surface area contributed by atoms with E-state index in [1.165, 1.54) is 7.11 Å². The zero-order valence-corrected chi connectivity index (χ0v) is 32.4. The molecule has 2 aromatic rings. The van der Waals surface area contributed by atoms with Crippen LogP contribution in [0.25, 0.3) is 0 Å². The summed E-state index contributed by atoms with van der Waals surface area (Å²) >= 11 is 19.2. The lowest BCUT2D eigenvalue weighted by atomic mass is 9.39. The maximum absolute atomic E-state index is 13.1. The van der Waals surface area contributed by atoms with Crippen molar-refractivity contribution in [3.8, 4) is 0 Å². The van der Waals surface area contributed by atoms with E-state index in [0.717, 1.165) is 20.1 Å². The summed E-state index contributed by atoms with van der Waals surface area (Å²) in [7, 11) is 1.41. The van der Waals surface area contributed by atoms with Crippen molar-refractivity contribution in [2.24, 2.45) is 34.8 Å². The number of benzene rings is 2. The number of carbonyl (C=O) groups excluding carboxylic acids is 2. The average molecular weight is 807 g/mol. The van der Waals surface area contributed by atoms with Gasteiger partial charge >= 0.3 is 5.97 Å². The minimum Gasteiger partial charge on any atom is -0.469 e. The van der Waals surface area contributed by atoms with E-state index in [1.807, 2.05) is 50.2 Å². The van der Waals surface area contributed by atoms with Crippen LogP contribution in [0.3, 0.4) is 0 Å². The first kappa shape index (κ1) is 39.2. The largest absolute Gasteiger partial charge is 0.469 e. The molecule has 256 valence electrons. The Morgan fingerprint density at radius 2 is 1.37 bits per heavy atom. The molecule has 0 aromatic heterocycles. The molecule has 3 fully saturated rings. The molecule has 5 N–H and O–H groups in total. The highest BCUT2D eigenvalue weighted by Gasteiger charge is 2.73. The number of ether oxygens (including phenoxy) is 1. The topological polar surface area (TPSA) is 122 Å². The first-order chi connectivity index (χ1) is 21.3. The Labute approximate surface area is 300 Å². The summed E-state index contributed by atoms with van der Waals surface area (Å²) in [4.78, 5) is 24.9. The summed E-state index contributed by atoms with van der Waals surface area (Å²) in [6.07, 6.45) is 2.17. The standard InChI is InChI=1S/C22H29BrClNO4.C13H19BrClNO/c1-13(2)15(9-26)20(3,14-5-6-16(23)17(24)7-14)8-18(27)25-22-10-21(11-22,12-22)19(28)29-4;1-8(2)10(7-17)13(3,16)9-4-5-11(14)12(15)6-9/h5-7,13,15,26H,8-12H2,1-4H3,(H,25,27);4-6,8,10,17H,7,16H2,1-3H3/t15?,20-,21?,22?;10?,13-/m00/s1. The van der Waals surface area contributed by atoms with Crippen molar-refractivity contribution in [3.63, 3.8) is 0 Å². The minimum atomic E-state index is -0.590. The molecule has 5 rings (SSSR count). The molecule has 0 heterocycles. The Balaban J connectivity index is 0.000000289. The van der Waals surface area contributed by atoms with Crippen LogP contribution in [-0.2, 0) is 25.3 Å². The number of nitrogens with one attached hydrogen (secondary N) is 1. The van der Waals surface area contributed by atoms with Gasteiger partial charge in [-0.2, -0.15) is 0 Å². The quantitative estimate of drug-likeness (QED) is 0.163. The van der Waals surface area contributed by atoms with Crippen molar-refractivity contribution in [1.29, 1.82) is 0 Å². The predicted molar refractivity (Wildman–Crippen MR) is 192 cm³/mol. The van der Waals surface area contributed by atoms with Gasteiger partial charge in [-0.25, -0.2) is 0 Å². The lowest BCUT2D eigenvalue weighted by Crippen LogP contribution is -2.77. The highest BCUT2D eigenvalue weighted by molar-refractivity contribution is 9.10. The molecule has 0 saturated heterocycles. The van der Waals surface area contributed by atoms with Crippen LogP contribution < -0.4 is 11.1 Å². The summed E-state index contributed by atoms with van der Waals surface area (Å²) in [5.74, 6) is 0.127. The van der Waals surface area contributed by atoms with E-state index in [-0.39, 0.29) is 54.8 Å². The molecule has 46 heavy (non-hydrogen) atoms. The Morgan fingerprint density at radius 1 is 0.913 bits per heavy atom. The number of esters is 1. The van der Waals surface area contributed by atoms with Crippen LogP contribution in [0.4, 0.5) is 0 Å². The number of nitrogens with two attached hydrogens (primary N) is 1. The fraction of sp³-hybridized carbons (Fsp3) is 0.600. The van der Waals surface area contributed by atoms with Gasteiger partial charge in [0.15, 0.2) is 0 Å². The Morgan fingerprint density at radius 3 is 1.78 bits per heavy atom. The Kier molecular flexibility index (Phi) is 12.9. The number of hydrogen-bond donors (Lipinski definition) is 4. The van der Waals surface area contributed by atoms with Crippen LogP contribution in [0.2, 0.25) is 10.0 Å². The van der Waals surface area contributed by atoms with E-state index in [9.17, 15) is 19.8 Å². The third kappa shape index (κ3) is 7.98. The summed E-state index contributed by atoms with van der Waals surface area (Å²) in [5, 5.41) is 24.0. The number of halogens is 4. The van der Waals surface area contributed by atoms with Gasteiger partial charge in [0, 0.05) is 51.0 Å². The molecule has 7 nitrogen and oxygen atoms in total. The monoisotopic (exact) mass is 804 g/mol. The first-order valence-corrected chi connectivity index (χ1v) is 18.0. The number of hydrogen-bond acceptors (Lipinski definition) is 6. The van der Waals surface area contributed by atoms with Gasteiger partial charge in [-0.1, -0.05) is 70.0 Å². The summed E-state index contributed by atoms with van der Waals surface area (Å²) in [5.41, 5.74) is 6.40. The third-order valence-corrected chi connectivity index (χ3v) is 12.8. The highest BCUT2D eigenvalue weighted by atomic mass is 79.9. The van der Waals surface area contributed by atoms with Crippen molar-refractivity contribution in [1.82, 2.24) is 5.32 Å². The van der Waals surface area contributed by atoms with Crippen molar-refractivity contribution in [2.75, 3.05) is 20.3 Å². The predicted octanol–water partition coefficient (Wildman–Crippen LogP) is 7.77. The van der Waals surface area contributed by atoms with Crippen LogP contribution in [0.5, 0.6) is 0 Å². The second kappa shape index (κ2) is 15.1. The number of rotatable bonds is 12. The first-order valence-electron chi connectivity index (χ1n) is 15.6. The molecule has 2 bridgehead atoms. The molecular formula is C35H48Br2Cl2N2O5. The lowest BCUT2D eigenvalue weighted by molar-refractivity contribution is -0.203. The van der Waals surface area contributed by atoms with Crippen LogP contribution >= 0.6 is 55.1 Å². The van der Waals surface area contributed by atoms with Gasteiger partial charge < -0.3 is 26.0 Å². The van der Waals surface area contributed by atoms with Gasteiger partial charge in [0.05, 0.1) is 22.6 Å². The molecule has 1 amide bonds. The summed E-state index contributed by atoms with van der Waals surface area (Å²) < 4.78 is 6.52. The minimum absolute atomic E-state index is 0.000239. The van der Waals surface area contributed by atoms with Crippen molar-refractivity contribution >= 4 is 66.9 Å². The van der Waals surface area contributed by atoms with Gasteiger partial charge in [0.1, 0.15) is 0 Å². The molecule has 2 aromatic carbocycles. The number of aliphatic hydroxyl groups excluding tert-OH is 2. The van der Waals surface area contributed by atoms with E-state index in [4.69, 9.17) is 33.7 Å². The molecule has 3 aliphatic carbocycles. The van der Waals surface area contributed by atoms with Crippen LogP contribution in [-0.4, -0.2) is 48.0 Å². The Bertz CT molecular complexity index is 1400. The molecule has 2 unspecified atom stereocenters. The number of amides is 1. The molecule has 11 heteroatoms. The number of aliphatic hydroxyl groups is 2. The maximum atomic E-state index is 13.1.